The summed E-state index contributed by atoms with van der Waals surface area (Å²) in [7, 11) is -1.02. The molecule has 1 aromatic heterocycles. The van der Waals surface area contributed by atoms with Crippen LogP contribution in [-0.4, -0.2) is 30.5 Å². The molecule has 0 amide bonds. The second-order valence-electron chi connectivity index (χ2n) is 5.07. The average molecular weight is 281 g/mol. The van der Waals surface area contributed by atoms with Crippen molar-refractivity contribution in [1.29, 1.82) is 5.26 Å². The molecule has 6 heteroatoms. The van der Waals surface area contributed by atoms with E-state index in [4.69, 9.17) is 5.26 Å². The Labute approximate surface area is 114 Å². The van der Waals surface area contributed by atoms with Gasteiger partial charge in [0.1, 0.15) is 11.8 Å². The van der Waals surface area contributed by atoms with Crippen LogP contribution in [0.3, 0.4) is 0 Å². The lowest BCUT2D eigenvalue weighted by atomic mass is 10.2. The van der Waals surface area contributed by atoms with E-state index in [1.165, 1.54) is 0 Å². The lowest BCUT2D eigenvalue weighted by molar-refractivity contribution is 0.573. The quantitative estimate of drug-likeness (QED) is 0.888. The maximum Gasteiger partial charge on any atom is 0.154 e. The van der Waals surface area contributed by atoms with Crippen LogP contribution in [0.1, 0.15) is 29.8 Å². The van der Waals surface area contributed by atoms with E-state index in [0.29, 0.717) is 24.5 Å². The van der Waals surface area contributed by atoms with Crippen molar-refractivity contribution in [3.05, 3.63) is 23.0 Å². The summed E-state index contributed by atoms with van der Waals surface area (Å²) in [5, 5.41) is 11.9. The third-order valence-corrected chi connectivity index (χ3v) is 6.18. The van der Waals surface area contributed by atoms with Crippen molar-refractivity contribution in [3.8, 4) is 6.07 Å². The van der Waals surface area contributed by atoms with Gasteiger partial charge in [-0.05, 0) is 31.4 Å². The molecule has 0 aliphatic carbocycles. The fourth-order valence-corrected chi connectivity index (χ4v) is 4.30. The average Bonchev–Trinajstić information content (AvgIpc) is 2.83. The van der Waals surface area contributed by atoms with E-state index >= 15 is 0 Å². The number of nitrogens with one attached hydrogen (secondary N) is 1. The Morgan fingerprint density at radius 2 is 2.32 bits per heavy atom. The van der Waals surface area contributed by atoms with Crippen LogP contribution in [0.2, 0.25) is 0 Å². The summed E-state index contributed by atoms with van der Waals surface area (Å²) in [6.07, 6.45) is 1.53. The molecule has 0 aromatic carbocycles. The first-order valence-electron chi connectivity index (χ1n) is 6.43. The molecule has 0 radical (unpaired) electrons. The Morgan fingerprint density at radius 3 is 2.84 bits per heavy atom. The summed E-state index contributed by atoms with van der Waals surface area (Å²) in [4.78, 5) is 0. The van der Waals surface area contributed by atoms with E-state index in [0.717, 1.165) is 24.1 Å². The minimum atomic E-state index is -2.88. The van der Waals surface area contributed by atoms with Gasteiger partial charge in [-0.3, -0.25) is 0 Å². The normalized spacial score (nSPS) is 21.4. The SMILES string of the molecule is Cc1c(CNCC2CCCS2(=O)=O)cc(C#N)n1C. The Morgan fingerprint density at radius 1 is 1.58 bits per heavy atom. The van der Waals surface area contributed by atoms with Gasteiger partial charge in [-0.15, -0.1) is 0 Å². The van der Waals surface area contributed by atoms with Crippen molar-refractivity contribution in [2.75, 3.05) is 12.3 Å². The summed E-state index contributed by atoms with van der Waals surface area (Å²) in [6.45, 7) is 3.07. The number of nitriles is 1. The minimum absolute atomic E-state index is 0.244. The van der Waals surface area contributed by atoms with Gasteiger partial charge in [0.2, 0.25) is 0 Å². The molecule has 2 rings (SSSR count). The predicted molar refractivity (Wildman–Crippen MR) is 73.4 cm³/mol. The number of rotatable bonds is 4. The van der Waals surface area contributed by atoms with Crippen molar-refractivity contribution < 1.29 is 8.42 Å². The molecule has 5 nitrogen and oxygen atoms in total. The van der Waals surface area contributed by atoms with Gasteiger partial charge in [0.05, 0.1) is 11.0 Å². The van der Waals surface area contributed by atoms with Gasteiger partial charge in [0, 0.05) is 25.8 Å². The Balaban J connectivity index is 1.95. The highest BCUT2D eigenvalue weighted by Crippen LogP contribution is 2.19. The number of aromatic nitrogens is 1. The van der Waals surface area contributed by atoms with Gasteiger partial charge in [-0.2, -0.15) is 5.26 Å². The van der Waals surface area contributed by atoms with E-state index in [9.17, 15) is 8.42 Å². The van der Waals surface area contributed by atoms with Crippen LogP contribution in [0.25, 0.3) is 0 Å². The Hall–Kier alpha value is -1.32. The number of sulfone groups is 1. The number of hydrogen-bond donors (Lipinski definition) is 1. The summed E-state index contributed by atoms with van der Waals surface area (Å²) in [5.41, 5.74) is 2.72. The van der Waals surface area contributed by atoms with Crippen molar-refractivity contribution in [1.82, 2.24) is 9.88 Å². The molecule has 1 atom stereocenters. The predicted octanol–water partition coefficient (Wildman–Crippen LogP) is 0.872. The zero-order valence-corrected chi connectivity index (χ0v) is 12.1. The molecule has 2 heterocycles. The van der Waals surface area contributed by atoms with E-state index in [1.54, 1.807) is 0 Å². The molecule has 1 aromatic rings. The molecule has 0 saturated carbocycles. The summed E-state index contributed by atoms with van der Waals surface area (Å²) >= 11 is 0. The molecule has 1 fully saturated rings. The van der Waals surface area contributed by atoms with Gasteiger partial charge in [0.25, 0.3) is 0 Å². The van der Waals surface area contributed by atoms with Gasteiger partial charge < -0.3 is 9.88 Å². The summed E-state index contributed by atoms with van der Waals surface area (Å²) in [5.74, 6) is 0.322. The fraction of sp³-hybridized carbons (Fsp3) is 0.615. The zero-order valence-electron chi connectivity index (χ0n) is 11.3. The van der Waals surface area contributed by atoms with Crippen molar-refractivity contribution in [3.63, 3.8) is 0 Å². The molecule has 0 spiro atoms. The number of hydrogen-bond acceptors (Lipinski definition) is 4. The molecule has 1 saturated heterocycles. The van der Waals surface area contributed by atoms with Crippen LogP contribution in [0.15, 0.2) is 6.07 Å². The van der Waals surface area contributed by atoms with E-state index < -0.39 is 9.84 Å². The Bertz CT molecular complexity index is 611. The molecular formula is C13H19N3O2S. The lowest BCUT2D eigenvalue weighted by Gasteiger charge is -2.10. The van der Waals surface area contributed by atoms with Crippen molar-refractivity contribution >= 4 is 9.84 Å². The topological polar surface area (TPSA) is 74.9 Å². The molecule has 1 unspecified atom stereocenters. The lowest BCUT2D eigenvalue weighted by Crippen LogP contribution is -2.30. The monoisotopic (exact) mass is 281 g/mol. The molecule has 19 heavy (non-hydrogen) atoms. The van der Waals surface area contributed by atoms with Crippen LogP contribution in [0, 0.1) is 18.3 Å². The van der Waals surface area contributed by atoms with Crippen LogP contribution in [-0.2, 0) is 23.4 Å². The third-order valence-electron chi connectivity index (χ3n) is 3.90. The summed E-state index contributed by atoms with van der Waals surface area (Å²) < 4.78 is 25.2. The second-order valence-corrected chi connectivity index (χ2v) is 7.47. The molecular weight excluding hydrogens is 262 g/mol. The maximum absolute atomic E-state index is 11.7. The van der Waals surface area contributed by atoms with E-state index in [1.807, 2.05) is 24.6 Å². The highest BCUT2D eigenvalue weighted by atomic mass is 32.2. The largest absolute Gasteiger partial charge is 0.340 e. The van der Waals surface area contributed by atoms with Crippen LogP contribution in [0.4, 0.5) is 0 Å². The number of nitrogens with zero attached hydrogens (tertiary/aromatic N) is 2. The first-order valence-corrected chi connectivity index (χ1v) is 8.15. The Kier molecular flexibility index (Phi) is 3.97. The minimum Gasteiger partial charge on any atom is -0.340 e. The van der Waals surface area contributed by atoms with Gasteiger partial charge in [-0.1, -0.05) is 0 Å². The first kappa shape index (κ1) is 14.1. The standard InChI is InChI=1S/C13H19N3O2S/c1-10-11(6-12(7-14)16(10)2)8-15-9-13-4-3-5-19(13,17)18/h6,13,15H,3-5,8-9H2,1-2H3. The van der Waals surface area contributed by atoms with Crippen LogP contribution < -0.4 is 5.32 Å². The highest BCUT2D eigenvalue weighted by Gasteiger charge is 2.30. The highest BCUT2D eigenvalue weighted by molar-refractivity contribution is 7.92. The van der Waals surface area contributed by atoms with Crippen LogP contribution in [0.5, 0.6) is 0 Å². The zero-order chi connectivity index (χ0) is 14.0. The maximum atomic E-state index is 11.7. The molecule has 0 bridgehead atoms. The van der Waals surface area contributed by atoms with Crippen LogP contribution >= 0.6 is 0 Å². The first-order chi connectivity index (χ1) is 8.95. The molecule has 1 aliphatic heterocycles. The molecule has 104 valence electrons. The van der Waals surface area contributed by atoms with Crippen molar-refractivity contribution in [2.24, 2.45) is 7.05 Å². The van der Waals surface area contributed by atoms with Gasteiger partial charge >= 0.3 is 0 Å². The van der Waals surface area contributed by atoms with E-state index in [2.05, 4.69) is 11.4 Å². The summed E-state index contributed by atoms with van der Waals surface area (Å²) in [6, 6.07) is 3.99. The fourth-order valence-electron chi connectivity index (χ4n) is 2.50. The van der Waals surface area contributed by atoms with Gasteiger partial charge in [-0.25, -0.2) is 8.42 Å². The second kappa shape index (κ2) is 5.35. The molecule has 1 aliphatic rings. The van der Waals surface area contributed by atoms with Gasteiger partial charge in [0.15, 0.2) is 9.84 Å². The third kappa shape index (κ3) is 2.82. The smallest absolute Gasteiger partial charge is 0.154 e. The molecule has 1 N–H and O–H groups in total. The van der Waals surface area contributed by atoms with Crippen molar-refractivity contribution in [2.45, 2.75) is 31.6 Å². The van der Waals surface area contributed by atoms with E-state index in [-0.39, 0.29) is 5.25 Å².